The topological polar surface area (TPSA) is 53.9 Å². The van der Waals surface area contributed by atoms with Crippen molar-refractivity contribution in [2.24, 2.45) is 0 Å². The minimum Gasteiger partial charge on any atom is -0.339 e. The molecule has 6 heteroatoms. The number of nitrogens with zero attached hydrogens (tertiary/aromatic N) is 4. The summed E-state index contributed by atoms with van der Waals surface area (Å²) in [6.07, 6.45) is 1.63. The summed E-state index contributed by atoms with van der Waals surface area (Å²) >= 11 is 3.55. The van der Waals surface area contributed by atoms with E-state index in [1.54, 1.807) is 6.20 Å². The highest BCUT2D eigenvalue weighted by molar-refractivity contribution is 9.10. The largest absolute Gasteiger partial charge is 0.339 e. The summed E-state index contributed by atoms with van der Waals surface area (Å²) in [5.41, 5.74) is 3.36. The summed E-state index contributed by atoms with van der Waals surface area (Å²) in [6.45, 7) is 5.69. The van der Waals surface area contributed by atoms with Gasteiger partial charge in [-0.1, -0.05) is 52.3 Å². The minimum atomic E-state index is 0.613. The average Bonchev–Trinajstić information content (AvgIpc) is 2.64. The number of benzene rings is 2. The zero-order chi connectivity index (χ0) is 17.6. The number of aryl methyl sites for hydroxylation is 1. The molecule has 0 saturated carbocycles. The van der Waals surface area contributed by atoms with Crippen molar-refractivity contribution in [3.05, 3.63) is 70.3 Å². The third kappa shape index (κ3) is 4.54. The smallest absolute Gasteiger partial charge is 0.247 e. The average molecular weight is 398 g/mol. The summed E-state index contributed by atoms with van der Waals surface area (Å²) in [5, 5.41) is 11.6. The summed E-state index contributed by atoms with van der Waals surface area (Å²) in [4.78, 5) is 6.71. The highest BCUT2D eigenvalue weighted by atomic mass is 79.9. The third-order valence-electron chi connectivity index (χ3n) is 3.87. The number of nitrogens with one attached hydrogen (secondary N) is 1. The fourth-order valence-electron chi connectivity index (χ4n) is 2.43. The van der Waals surface area contributed by atoms with Gasteiger partial charge in [0.25, 0.3) is 0 Å². The molecule has 0 saturated heterocycles. The second-order valence-electron chi connectivity index (χ2n) is 5.73. The van der Waals surface area contributed by atoms with E-state index in [-0.39, 0.29) is 0 Å². The zero-order valence-corrected chi connectivity index (χ0v) is 15.9. The fourth-order valence-corrected chi connectivity index (χ4v) is 2.81. The molecule has 0 aliphatic rings. The van der Waals surface area contributed by atoms with Crippen molar-refractivity contribution in [1.29, 1.82) is 0 Å². The maximum absolute atomic E-state index is 4.61. The van der Waals surface area contributed by atoms with Crippen LogP contribution in [0.15, 0.2) is 59.2 Å². The van der Waals surface area contributed by atoms with Gasteiger partial charge in [-0.15, -0.1) is 5.10 Å². The Bertz CT molecular complexity index is 838. The molecule has 0 spiro atoms. The van der Waals surface area contributed by atoms with E-state index < -0.39 is 0 Å². The number of halogens is 1. The quantitative estimate of drug-likeness (QED) is 0.652. The molecule has 0 radical (unpaired) electrons. The Balaban J connectivity index is 1.78. The Kier molecular flexibility index (Phi) is 5.60. The standard InChI is InChI=1S/C19H20BrN5/c1-3-25(13-15-7-5-4-6-8-15)19-23-18(12-21-24-19)22-16-10-9-14(2)17(20)11-16/h4-12H,3,13H2,1-2H3,(H,22,23,24). The SMILES string of the molecule is CCN(Cc1ccccc1)c1nncc(Nc2ccc(C)c(Br)c2)n1. The molecule has 0 aliphatic carbocycles. The second kappa shape index (κ2) is 8.07. The van der Waals surface area contributed by atoms with E-state index in [2.05, 4.69) is 73.4 Å². The van der Waals surface area contributed by atoms with Crippen molar-refractivity contribution in [1.82, 2.24) is 15.2 Å². The van der Waals surface area contributed by atoms with Crippen LogP contribution in [-0.2, 0) is 6.54 Å². The van der Waals surface area contributed by atoms with Gasteiger partial charge in [-0.3, -0.25) is 0 Å². The number of rotatable bonds is 6. The third-order valence-corrected chi connectivity index (χ3v) is 4.73. The number of hydrogen-bond donors (Lipinski definition) is 1. The first kappa shape index (κ1) is 17.4. The van der Waals surface area contributed by atoms with Crippen molar-refractivity contribution in [2.45, 2.75) is 20.4 Å². The Hall–Kier alpha value is -2.47. The number of anilines is 3. The van der Waals surface area contributed by atoms with Gasteiger partial charge in [0.1, 0.15) is 0 Å². The Morgan fingerprint density at radius 1 is 1.12 bits per heavy atom. The summed E-state index contributed by atoms with van der Waals surface area (Å²) in [7, 11) is 0. The first-order chi connectivity index (χ1) is 12.2. The van der Waals surface area contributed by atoms with E-state index in [4.69, 9.17) is 0 Å². The molecule has 1 N–H and O–H groups in total. The van der Waals surface area contributed by atoms with Crippen LogP contribution < -0.4 is 10.2 Å². The Morgan fingerprint density at radius 2 is 1.92 bits per heavy atom. The van der Waals surface area contributed by atoms with E-state index in [9.17, 15) is 0 Å². The fraction of sp³-hybridized carbons (Fsp3) is 0.211. The lowest BCUT2D eigenvalue weighted by atomic mass is 10.2. The molecule has 5 nitrogen and oxygen atoms in total. The van der Waals surface area contributed by atoms with E-state index in [1.807, 2.05) is 30.3 Å². The number of aromatic nitrogens is 3. The lowest BCUT2D eigenvalue weighted by Gasteiger charge is -2.20. The molecule has 3 rings (SSSR count). The first-order valence-electron chi connectivity index (χ1n) is 8.17. The maximum atomic E-state index is 4.61. The van der Waals surface area contributed by atoms with E-state index >= 15 is 0 Å². The highest BCUT2D eigenvalue weighted by Crippen LogP contribution is 2.23. The van der Waals surface area contributed by atoms with Crippen LogP contribution in [0.3, 0.4) is 0 Å². The number of hydrogen-bond acceptors (Lipinski definition) is 5. The van der Waals surface area contributed by atoms with Crippen molar-refractivity contribution in [2.75, 3.05) is 16.8 Å². The van der Waals surface area contributed by atoms with Gasteiger partial charge in [-0.2, -0.15) is 10.1 Å². The van der Waals surface area contributed by atoms with Crippen molar-refractivity contribution < 1.29 is 0 Å². The zero-order valence-electron chi connectivity index (χ0n) is 14.3. The van der Waals surface area contributed by atoms with Gasteiger partial charge in [-0.25, -0.2) is 0 Å². The summed E-state index contributed by atoms with van der Waals surface area (Å²) in [5.74, 6) is 1.29. The lowest BCUT2D eigenvalue weighted by Crippen LogP contribution is -2.24. The second-order valence-corrected chi connectivity index (χ2v) is 6.58. The van der Waals surface area contributed by atoms with Crippen molar-refractivity contribution >= 4 is 33.4 Å². The van der Waals surface area contributed by atoms with Crippen LogP contribution in [0.1, 0.15) is 18.1 Å². The van der Waals surface area contributed by atoms with Gasteiger partial charge >= 0.3 is 0 Å². The maximum Gasteiger partial charge on any atom is 0.247 e. The molecule has 0 aliphatic heterocycles. The van der Waals surface area contributed by atoms with Gasteiger partial charge < -0.3 is 10.2 Å². The predicted molar refractivity (Wildman–Crippen MR) is 105 cm³/mol. The van der Waals surface area contributed by atoms with Gasteiger partial charge in [0.2, 0.25) is 5.95 Å². The van der Waals surface area contributed by atoms with Crippen LogP contribution in [-0.4, -0.2) is 21.7 Å². The van der Waals surface area contributed by atoms with Crippen LogP contribution in [0.4, 0.5) is 17.5 Å². The van der Waals surface area contributed by atoms with Gasteiger partial charge in [0.05, 0.1) is 6.20 Å². The van der Waals surface area contributed by atoms with Crippen molar-refractivity contribution in [3.63, 3.8) is 0 Å². The van der Waals surface area contributed by atoms with Crippen LogP contribution in [0.5, 0.6) is 0 Å². The van der Waals surface area contributed by atoms with Gasteiger partial charge in [-0.05, 0) is 37.1 Å². The summed E-state index contributed by atoms with van der Waals surface area (Å²) < 4.78 is 1.05. The van der Waals surface area contributed by atoms with E-state index in [0.717, 1.165) is 23.2 Å². The molecule has 2 aromatic carbocycles. The normalized spacial score (nSPS) is 10.5. The van der Waals surface area contributed by atoms with Crippen LogP contribution in [0, 0.1) is 6.92 Å². The first-order valence-corrected chi connectivity index (χ1v) is 8.97. The molecule has 3 aromatic rings. The van der Waals surface area contributed by atoms with Crippen LogP contribution >= 0.6 is 15.9 Å². The van der Waals surface area contributed by atoms with Crippen LogP contribution in [0.25, 0.3) is 0 Å². The van der Waals surface area contributed by atoms with E-state index in [1.165, 1.54) is 11.1 Å². The molecule has 128 valence electrons. The van der Waals surface area contributed by atoms with Gasteiger partial charge in [0.15, 0.2) is 5.82 Å². The molecule has 0 amide bonds. The predicted octanol–water partition coefficient (Wildman–Crippen LogP) is 4.71. The molecule has 0 fully saturated rings. The molecule has 0 atom stereocenters. The monoisotopic (exact) mass is 397 g/mol. The minimum absolute atomic E-state index is 0.613. The van der Waals surface area contributed by atoms with Gasteiger partial charge in [0, 0.05) is 23.2 Å². The molecular weight excluding hydrogens is 378 g/mol. The molecule has 0 unspecified atom stereocenters. The molecule has 0 bridgehead atoms. The molecule has 1 aromatic heterocycles. The summed E-state index contributed by atoms with van der Waals surface area (Å²) in [6, 6.07) is 16.4. The Morgan fingerprint density at radius 3 is 2.64 bits per heavy atom. The highest BCUT2D eigenvalue weighted by Gasteiger charge is 2.10. The van der Waals surface area contributed by atoms with Crippen molar-refractivity contribution in [3.8, 4) is 0 Å². The lowest BCUT2D eigenvalue weighted by molar-refractivity contribution is 0.771. The molecular formula is C19H20BrN5. The molecule has 1 heterocycles. The Labute approximate surface area is 156 Å². The van der Waals surface area contributed by atoms with Crippen LogP contribution in [0.2, 0.25) is 0 Å². The van der Waals surface area contributed by atoms with E-state index in [0.29, 0.717) is 11.8 Å². The molecule has 25 heavy (non-hydrogen) atoms.